The first-order chi connectivity index (χ1) is 24.3. The predicted octanol–water partition coefficient (Wildman–Crippen LogP) is 3.52. The van der Waals surface area contributed by atoms with E-state index in [4.69, 9.17) is 5.11 Å². The molecule has 0 bridgehead atoms. The van der Waals surface area contributed by atoms with Crippen molar-refractivity contribution in [3.63, 3.8) is 0 Å². The first-order valence-corrected chi connectivity index (χ1v) is 17.9. The van der Waals surface area contributed by atoms with E-state index in [1.807, 2.05) is 24.3 Å². The standard InChI is InChI=1S/C37H49F4N3O7/c38-25-19-31(36(51)44-17-16-43(26-11-12-26)29-8-4-5-9-30(29)44)42(21-25)20-24-18-23(10-14-28(24)37(39,40)41)6-2-1-3-7-27(46)13-15-32(47)34(49)35(50)33(48)22-45/h4-5,8-10,14,18,25-26,31-35,45,47-50H,1-3,6-7,11-13,15-17,19-22H2/t25-,31+,32+,33-,34-,35-/m1/s1. The second-order valence-corrected chi connectivity index (χ2v) is 14.1. The lowest BCUT2D eigenvalue weighted by atomic mass is 9.97. The number of halogens is 4. The summed E-state index contributed by atoms with van der Waals surface area (Å²) in [6, 6.07) is 11.1. The van der Waals surface area contributed by atoms with E-state index in [-0.39, 0.29) is 56.0 Å². The van der Waals surface area contributed by atoms with Gasteiger partial charge in [0.2, 0.25) is 5.91 Å². The minimum atomic E-state index is -4.64. The molecule has 0 radical (unpaired) electrons. The fraction of sp³-hybridized carbons (Fsp3) is 0.622. The molecule has 0 aromatic heterocycles. The van der Waals surface area contributed by atoms with Crippen LogP contribution in [0.3, 0.4) is 0 Å². The molecule has 5 N–H and O–H groups in total. The number of aliphatic hydroxyl groups is 5. The van der Waals surface area contributed by atoms with Crippen LogP contribution in [0.25, 0.3) is 0 Å². The van der Waals surface area contributed by atoms with Gasteiger partial charge in [-0.2, -0.15) is 13.2 Å². The van der Waals surface area contributed by atoms with E-state index in [2.05, 4.69) is 4.90 Å². The highest BCUT2D eigenvalue weighted by molar-refractivity contribution is 6.01. The minimum absolute atomic E-state index is 0.0154. The van der Waals surface area contributed by atoms with E-state index in [0.717, 1.165) is 30.3 Å². The highest BCUT2D eigenvalue weighted by atomic mass is 19.4. The Hall–Kier alpha value is -3.14. The van der Waals surface area contributed by atoms with Gasteiger partial charge >= 0.3 is 6.18 Å². The Morgan fingerprint density at radius 1 is 0.882 bits per heavy atom. The number of carbonyl (C=O) groups excluding carboxylic acids is 2. The maximum atomic E-state index is 14.9. The Kier molecular flexibility index (Phi) is 13.1. The molecule has 0 unspecified atom stereocenters. The molecule has 1 amide bonds. The minimum Gasteiger partial charge on any atom is -0.394 e. The van der Waals surface area contributed by atoms with Crippen LogP contribution in [0.2, 0.25) is 0 Å². The summed E-state index contributed by atoms with van der Waals surface area (Å²) in [5, 5.41) is 47.9. The van der Waals surface area contributed by atoms with Crippen LogP contribution in [-0.4, -0.2) is 111 Å². The van der Waals surface area contributed by atoms with Crippen molar-refractivity contribution < 1.29 is 52.7 Å². The van der Waals surface area contributed by atoms with Gasteiger partial charge in [-0.25, -0.2) is 4.39 Å². The number of hydrogen-bond donors (Lipinski definition) is 5. The number of aliphatic hydroxyl groups excluding tert-OH is 5. The third-order valence-electron chi connectivity index (χ3n) is 10.3. The number of ketones is 1. The van der Waals surface area contributed by atoms with Gasteiger partial charge in [-0.05, 0) is 67.9 Å². The SMILES string of the molecule is O=C(CCCCCc1ccc(C(F)(F)F)c(CN2C[C@H](F)C[C@H]2C(=O)N2CCN(C3CC3)c3ccccc32)c1)CC[C@H](O)[C@@H](O)[C@H](O)[C@H](O)CO. The maximum Gasteiger partial charge on any atom is 0.416 e. The number of Topliss-reactive ketones (excluding diaryl/α,β-unsaturated/α-hetero) is 1. The van der Waals surface area contributed by atoms with Crippen LogP contribution in [0.1, 0.15) is 74.5 Å². The molecule has 14 heteroatoms. The Bertz CT molecular complexity index is 1490. The average molecular weight is 724 g/mol. The van der Waals surface area contributed by atoms with E-state index in [9.17, 15) is 47.6 Å². The van der Waals surface area contributed by atoms with Crippen molar-refractivity contribution in [1.82, 2.24) is 4.90 Å². The van der Waals surface area contributed by atoms with Crippen molar-refractivity contribution in [3.8, 4) is 0 Å². The number of para-hydroxylation sites is 2. The van der Waals surface area contributed by atoms with E-state index in [1.165, 1.54) is 17.0 Å². The third-order valence-corrected chi connectivity index (χ3v) is 10.3. The summed E-state index contributed by atoms with van der Waals surface area (Å²) in [4.78, 5) is 31.8. The largest absolute Gasteiger partial charge is 0.416 e. The molecule has 1 aliphatic carbocycles. The number of benzene rings is 2. The molecule has 3 aliphatic rings. The number of amides is 1. The third kappa shape index (κ3) is 9.85. The summed E-state index contributed by atoms with van der Waals surface area (Å²) >= 11 is 0. The molecule has 2 heterocycles. The molecule has 1 saturated heterocycles. The van der Waals surface area contributed by atoms with Crippen molar-refractivity contribution in [2.45, 2.75) is 120 Å². The summed E-state index contributed by atoms with van der Waals surface area (Å²) in [6.45, 7) is -0.103. The van der Waals surface area contributed by atoms with Gasteiger partial charge in [0, 0.05) is 51.5 Å². The fourth-order valence-corrected chi connectivity index (χ4v) is 7.26. The van der Waals surface area contributed by atoms with Crippen LogP contribution in [0.15, 0.2) is 42.5 Å². The summed E-state index contributed by atoms with van der Waals surface area (Å²) in [5.41, 5.74) is 1.52. The lowest BCUT2D eigenvalue weighted by Crippen LogP contribution is -2.51. The number of nitrogens with zero attached hydrogens (tertiary/aromatic N) is 3. The van der Waals surface area contributed by atoms with Crippen molar-refractivity contribution in [3.05, 3.63) is 59.2 Å². The van der Waals surface area contributed by atoms with Crippen LogP contribution in [0.4, 0.5) is 28.9 Å². The normalized spacial score (nSPS) is 22.1. The summed E-state index contributed by atoms with van der Waals surface area (Å²) < 4.78 is 57.4. The lowest BCUT2D eigenvalue weighted by molar-refractivity contribution is -0.138. The molecule has 1 saturated carbocycles. The second-order valence-electron chi connectivity index (χ2n) is 14.1. The zero-order chi connectivity index (χ0) is 36.9. The number of likely N-dealkylation sites (tertiary alicyclic amines) is 1. The molecule has 51 heavy (non-hydrogen) atoms. The molecule has 2 aromatic rings. The number of rotatable bonds is 17. The first-order valence-electron chi connectivity index (χ1n) is 17.9. The number of anilines is 2. The molecule has 2 aliphatic heterocycles. The smallest absolute Gasteiger partial charge is 0.394 e. The van der Waals surface area contributed by atoms with Gasteiger partial charge in [-0.15, -0.1) is 0 Å². The van der Waals surface area contributed by atoms with Crippen LogP contribution in [-0.2, 0) is 28.7 Å². The van der Waals surface area contributed by atoms with Gasteiger partial charge in [0.25, 0.3) is 0 Å². The molecule has 10 nitrogen and oxygen atoms in total. The quantitative estimate of drug-likeness (QED) is 0.122. The predicted molar refractivity (Wildman–Crippen MR) is 182 cm³/mol. The van der Waals surface area contributed by atoms with Crippen LogP contribution in [0, 0.1) is 0 Å². The van der Waals surface area contributed by atoms with Crippen LogP contribution in [0.5, 0.6) is 0 Å². The van der Waals surface area contributed by atoms with E-state index in [0.29, 0.717) is 50.4 Å². The molecular weight excluding hydrogens is 674 g/mol. The highest BCUT2D eigenvalue weighted by Crippen LogP contribution is 2.41. The Labute approximate surface area is 295 Å². The van der Waals surface area contributed by atoms with Gasteiger partial charge in [-0.1, -0.05) is 30.7 Å². The maximum absolute atomic E-state index is 14.9. The fourth-order valence-electron chi connectivity index (χ4n) is 7.26. The van der Waals surface area contributed by atoms with Gasteiger partial charge in [0.1, 0.15) is 30.3 Å². The topological polar surface area (TPSA) is 145 Å². The van der Waals surface area contributed by atoms with Crippen molar-refractivity contribution in [2.75, 3.05) is 36.0 Å². The van der Waals surface area contributed by atoms with E-state index >= 15 is 0 Å². The summed E-state index contributed by atoms with van der Waals surface area (Å²) in [7, 11) is 0. The monoisotopic (exact) mass is 723 g/mol. The molecule has 2 aromatic carbocycles. The first kappa shape index (κ1) is 39.1. The number of hydrogen-bond acceptors (Lipinski definition) is 9. The Morgan fingerprint density at radius 2 is 1.59 bits per heavy atom. The number of alkyl halides is 4. The zero-order valence-electron chi connectivity index (χ0n) is 28.6. The summed E-state index contributed by atoms with van der Waals surface area (Å²) in [6.07, 6.45) is -8.33. The molecular formula is C37H49F4N3O7. The molecule has 5 rings (SSSR count). The highest BCUT2D eigenvalue weighted by Gasteiger charge is 2.43. The van der Waals surface area contributed by atoms with Crippen molar-refractivity contribution in [1.29, 1.82) is 0 Å². The molecule has 2 fully saturated rings. The van der Waals surface area contributed by atoms with Crippen LogP contribution >= 0.6 is 0 Å². The zero-order valence-corrected chi connectivity index (χ0v) is 28.6. The number of aryl methyl sites for hydroxylation is 1. The average Bonchev–Trinajstić information content (AvgIpc) is 3.89. The second kappa shape index (κ2) is 17.1. The Balaban J connectivity index is 1.16. The number of carbonyl (C=O) groups is 2. The van der Waals surface area contributed by atoms with Gasteiger partial charge in [0.05, 0.1) is 35.7 Å². The molecule has 6 atom stereocenters. The van der Waals surface area contributed by atoms with E-state index in [1.54, 1.807) is 4.90 Å². The number of unbranched alkanes of at least 4 members (excludes halogenated alkanes) is 2. The number of fused-ring (bicyclic) bond motifs is 1. The van der Waals surface area contributed by atoms with Crippen molar-refractivity contribution in [2.24, 2.45) is 0 Å². The van der Waals surface area contributed by atoms with Crippen molar-refractivity contribution >= 4 is 23.1 Å². The van der Waals surface area contributed by atoms with E-state index < -0.39 is 55.0 Å². The van der Waals surface area contributed by atoms with Gasteiger partial charge in [0.15, 0.2) is 0 Å². The Morgan fingerprint density at radius 3 is 2.27 bits per heavy atom. The lowest BCUT2D eigenvalue weighted by Gasteiger charge is -2.40. The molecule has 0 spiro atoms. The van der Waals surface area contributed by atoms with Gasteiger partial charge < -0.3 is 35.3 Å². The van der Waals surface area contributed by atoms with Gasteiger partial charge in [-0.3, -0.25) is 14.5 Å². The van der Waals surface area contributed by atoms with Crippen LogP contribution < -0.4 is 9.80 Å². The summed E-state index contributed by atoms with van der Waals surface area (Å²) in [5.74, 6) is -0.481. The molecule has 282 valence electrons.